The Kier molecular flexibility index (Phi) is 6.21. The monoisotopic (exact) mass is 420 g/mol. The molecule has 158 valence electrons. The predicted octanol–water partition coefficient (Wildman–Crippen LogP) is 2.05. The highest BCUT2D eigenvalue weighted by molar-refractivity contribution is 7.91. The van der Waals surface area contributed by atoms with Crippen LogP contribution >= 0.6 is 0 Å². The van der Waals surface area contributed by atoms with E-state index in [1.807, 2.05) is 25.7 Å². The number of morpholine rings is 1. The molecular weight excluding hydrogens is 392 g/mol. The van der Waals surface area contributed by atoms with Crippen molar-refractivity contribution < 1.29 is 14.0 Å². The minimum absolute atomic E-state index is 0.165. The van der Waals surface area contributed by atoms with Gasteiger partial charge in [-0.2, -0.15) is 0 Å². The third kappa shape index (κ3) is 4.41. The second kappa shape index (κ2) is 8.33. The number of aromatic nitrogens is 2. The summed E-state index contributed by atoms with van der Waals surface area (Å²) in [6.07, 6.45) is 0. The molecule has 9 heteroatoms. The quantitative estimate of drug-likeness (QED) is 0.555. The van der Waals surface area contributed by atoms with Crippen LogP contribution in [0.1, 0.15) is 33.3 Å². The first-order valence-electron chi connectivity index (χ1n) is 9.52. The van der Waals surface area contributed by atoms with Crippen molar-refractivity contribution in [3.63, 3.8) is 0 Å². The van der Waals surface area contributed by atoms with Gasteiger partial charge in [-0.05, 0) is 39.8 Å². The van der Waals surface area contributed by atoms with Crippen LogP contribution in [0.5, 0.6) is 5.75 Å². The Balaban J connectivity index is 2.24. The van der Waals surface area contributed by atoms with E-state index in [0.29, 0.717) is 60.2 Å². The van der Waals surface area contributed by atoms with Gasteiger partial charge in [0.2, 0.25) is 5.95 Å². The van der Waals surface area contributed by atoms with Crippen molar-refractivity contribution in [3.05, 3.63) is 28.0 Å². The van der Waals surface area contributed by atoms with Gasteiger partial charge in [-0.25, -0.2) is 4.98 Å². The summed E-state index contributed by atoms with van der Waals surface area (Å²) < 4.78 is 28.8. The zero-order chi connectivity index (χ0) is 21.3. The molecule has 0 amide bonds. The Labute approximate surface area is 173 Å². The third-order valence-electron chi connectivity index (χ3n) is 4.79. The van der Waals surface area contributed by atoms with Gasteiger partial charge in [0.15, 0.2) is 0 Å². The molecule has 1 saturated heterocycles. The van der Waals surface area contributed by atoms with E-state index in [1.54, 1.807) is 37.8 Å². The van der Waals surface area contributed by atoms with E-state index in [-0.39, 0.29) is 5.56 Å². The summed E-state index contributed by atoms with van der Waals surface area (Å²) in [5.74, 6) is 1.11. The highest BCUT2D eigenvalue weighted by atomic mass is 32.2. The molecule has 1 fully saturated rings. The third-order valence-corrected chi connectivity index (χ3v) is 6.28. The van der Waals surface area contributed by atoms with Gasteiger partial charge in [0.05, 0.1) is 36.9 Å². The van der Waals surface area contributed by atoms with E-state index in [0.717, 1.165) is 0 Å². The Morgan fingerprint density at radius 3 is 2.55 bits per heavy atom. The van der Waals surface area contributed by atoms with E-state index < -0.39 is 16.1 Å². The number of nitrogens with zero attached hydrogens (tertiary/aromatic N) is 4. The van der Waals surface area contributed by atoms with Gasteiger partial charge >= 0.3 is 0 Å². The van der Waals surface area contributed by atoms with Crippen molar-refractivity contribution in [2.45, 2.75) is 32.4 Å². The number of hydrogen-bond donors (Lipinski definition) is 0. The number of anilines is 1. The van der Waals surface area contributed by atoms with Crippen molar-refractivity contribution in [3.8, 4) is 5.75 Å². The van der Waals surface area contributed by atoms with E-state index >= 15 is 0 Å². The fourth-order valence-electron chi connectivity index (χ4n) is 3.09. The summed E-state index contributed by atoms with van der Waals surface area (Å²) in [5, 5.41) is 0.440. The molecule has 0 radical (unpaired) electrons. The van der Waals surface area contributed by atoms with Crippen LogP contribution in [-0.4, -0.2) is 58.0 Å². The summed E-state index contributed by atoms with van der Waals surface area (Å²) in [4.78, 5) is 20.0. The maximum absolute atomic E-state index is 13.1. The summed E-state index contributed by atoms with van der Waals surface area (Å²) in [6.45, 7) is 9.90. The number of rotatable bonds is 4. The smallest absolute Gasteiger partial charge is 0.262 e. The maximum atomic E-state index is 13.1. The lowest BCUT2D eigenvalue weighted by molar-refractivity contribution is 0.121. The molecule has 0 aliphatic carbocycles. The molecule has 8 nitrogen and oxygen atoms in total. The van der Waals surface area contributed by atoms with Gasteiger partial charge in [-0.15, -0.1) is 0 Å². The Morgan fingerprint density at radius 1 is 1.31 bits per heavy atom. The second-order valence-electron chi connectivity index (χ2n) is 7.98. The van der Waals surface area contributed by atoms with E-state index in [1.165, 1.54) is 0 Å². The molecule has 1 aliphatic rings. The van der Waals surface area contributed by atoms with E-state index in [2.05, 4.69) is 4.40 Å². The molecule has 2 heterocycles. The number of benzene rings is 1. The van der Waals surface area contributed by atoms with Crippen molar-refractivity contribution in [1.29, 1.82) is 0 Å². The predicted molar refractivity (Wildman–Crippen MR) is 117 cm³/mol. The molecule has 1 atom stereocenters. The molecule has 2 aromatic rings. The second-order valence-corrected chi connectivity index (χ2v) is 9.89. The SMILES string of the molecule is COc1cc(C(C)=N[S@+]([O-])C(C)(C)C)c2nc(N3CCOCC3)n(C)c(=O)c2c1. The number of fused-ring (bicyclic) bond motifs is 1. The Bertz CT molecular complexity index is 991. The zero-order valence-electron chi connectivity index (χ0n) is 17.8. The molecule has 0 N–H and O–H groups in total. The average Bonchev–Trinajstić information content (AvgIpc) is 2.69. The van der Waals surface area contributed by atoms with Crippen LogP contribution < -0.4 is 15.2 Å². The fourth-order valence-corrected chi connectivity index (χ4v) is 3.71. The minimum Gasteiger partial charge on any atom is -0.591 e. The van der Waals surface area contributed by atoms with Crippen LogP contribution in [-0.2, 0) is 23.1 Å². The molecule has 1 aromatic heterocycles. The van der Waals surface area contributed by atoms with Crippen LogP contribution in [0, 0.1) is 0 Å². The first kappa shape index (κ1) is 21.6. The molecule has 0 bridgehead atoms. The highest BCUT2D eigenvalue weighted by Gasteiger charge is 2.28. The lowest BCUT2D eigenvalue weighted by Gasteiger charge is -2.29. The maximum Gasteiger partial charge on any atom is 0.262 e. The minimum atomic E-state index is -1.43. The normalized spacial score (nSPS) is 16.9. The largest absolute Gasteiger partial charge is 0.591 e. The van der Waals surface area contributed by atoms with Gasteiger partial charge in [0, 0.05) is 25.7 Å². The first-order valence-corrected chi connectivity index (χ1v) is 10.6. The Morgan fingerprint density at radius 2 is 1.97 bits per heavy atom. The average molecular weight is 421 g/mol. The first-order chi connectivity index (χ1) is 13.6. The molecule has 29 heavy (non-hydrogen) atoms. The van der Waals surface area contributed by atoms with Crippen LogP contribution in [0.15, 0.2) is 21.3 Å². The summed E-state index contributed by atoms with van der Waals surface area (Å²) in [6, 6.07) is 3.47. The van der Waals surface area contributed by atoms with Crippen LogP contribution in [0.25, 0.3) is 10.9 Å². The molecule has 0 unspecified atom stereocenters. The highest BCUT2D eigenvalue weighted by Crippen LogP contribution is 2.26. The molecule has 1 aliphatic heterocycles. The Hall–Kier alpha value is -2.10. The summed E-state index contributed by atoms with van der Waals surface area (Å²) in [7, 11) is 3.26. The van der Waals surface area contributed by atoms with Gasteiger partial charge in [-0.3, -0.25) is 9.36 Å². The van der Waals surface area contributed by atoms with Gasteiger partial charge < -0.3 is 18.9 Å². The van der Waals surface area contributed by atoms with Crippen molar-refractivity contribution in [2.24, 2.45) is 11.4 Å². The zero-order valence-corrected chi connectivity index (χ0v) is 18.6. The molecule has 0 saturated carbocycles. The van der Waals surface area contributed by atoms with Crippen LogP contribution in [0.3, 0.4) is 0 Å². The van der Waals surface area contributed by atoms with E-state index in [9.17, 15) is 9.35 Å². The van der Waals surface area contributed by atoms with Crippen molar-refractivity contribution in [1.82, 2.24) is 9.55 Å². The lowest BCUT2D eigenvalue weighted by atomic mass is 10.1. The number of methoxy groups -OCH3 is 1. The molecule has 1 aromatic carbocycles. The summed E-state index contributed by atoms with van der Waals surface area (Å²) >= 11 is -1.43. The molecule has 0 spiro atoms. The van der Waals surface area contributed by atoms with Gasteiger partial charge in [0.25, 0.3) is 5.56 Å². The van der Waals surface area contributed by atoms with Gasteiger partial charge in [-0.1, -0.05) is 4.40 Å². The molecular formula is C20H28N4O4S. The van der Waals surface area contributed by atoms with E-state index in [4.69, 9.17) is 14.5 Å². The van der Waals surface area contributed by atoms with Crippen molar-refractivity contribution in [2.75, 3.05) is 38.3 Å². The molecule has 3 rings (SSSR count). The van der Waals surface area contributed by atoms with Crippen LogP contribution in [0.2, 0.25) is 0 Å². The van der Waals surface area contributed by atoms with Gasteiger partial charge in [0.1, 0.15) is 21.9 Å². The topological polar surface area (TPSA) is 92.0 Å². The van der Waals surface area contributed by atoms with Crippen LogP contribution in [0.4, 0.5) is 5.95 Å². The number of ether oxygens (including phenoxy) is 2. The standard InChI is InChI=1S/C20H28N4O4S/c1-13(22-29(26)20(2,3)4)15-11-14(27-6)12-16-17(15)21-19(23(5)18(16)25)24-7-9-28-10-8-24/h11-12H,7-10H2,1-6H3/t29-/m1/s1. The van der Waals surface area contributed by atoms with Crippen molar-refractivity contribution >= 4 is 33.9 Å². The summed E-state index contributed by atoms with van der Waals surface area (Å²) in [5.41, 5.74) is 1.56. The fraction of sp³-hybridized carbons (Fsp3) is 0.550. The lowest BCUT2D eigenvalue weighted by Crippen LogP contribution is -2.40. The number of hydrogen-bond acceptors (Lipinski definition) is 7.